The summed E-state index contributed by atoms with van der Waals surface area (Å²) in [6, 6.07) is 14.6. The van der Waals surface area contributed by atoms with Crippen LogP contribution in [-0.4, -0.2) is 0 Å². The highest BCUT2D eigenvalue weighted by molar-refractivity contribution is 9.08. The zero-order valence-electron chi connectivity index (χ0n) is 9.36. The van der Waals surface area contributed by atoms with Gasteiger partial charge in [-0.1, -0.05) is 33.6 Å². The third-order valence-corrected chi connectivity index (χ3v) is 3.20. The minimum Gasteiger partial charge on any atom is -0.457 e. The van der Waals surface area contributed by atoms with Gasteiger partial charge in [0.1, 0.15) is 11.5 Å². The van der Waals surface area contributed by atoms with Crippen molar-refractivity contribution in [3.63, 3.8) is 0 Å². The molecule has 2 aromatic carbocycles. The van der Waals surface area contributed by atoms with Gasteiger partial charge in [0.15, 0.2) is 0 Å². The Balaban J connectivity index is 2.31. The molecule has 0 saturated carbocycles. The van der Waals surface area contributed by atoms with Gasteiger partial charge in [0.05, 0.1) is 11.6 Å². The van der Waals surface area contributed by atoms with Crippen LogP contribution in [0, 0.1) is 11.3 Å². The number of benzene rings is 2. The average molecular weight is 323 g/mol. The minimum atomic E-state index is 0.571. The standard InChI is InChI=1S/C14H9BrClNO/c15-8-11-7-12(16)4-5-14(11)18-13-3-1-2-10(6-13)9-17/h1-7H,8H2. The van der Waals surface area contributed by atoms with Crippen LogP contribution in [0.5, 0.6) is 11.5 Å². The normalized spacial score (nSPS) is 9.83. The molecule has 0 saturated heterocycles. The molecule has 0 aliphatic heterocycles. The summed E-state index contributed by atoms with van der Waals surface area (Å²) in [4.78, 5) is 0. The fraction of sp³-hybridized carbons (Fsp3) is 0.0714. The molecule has 0 radical (unpaired) electrons. The Bertz CT molecular complexity index is 607. The van der Waals surface area contributed by atoms with E-state index in [1.165, 1.54) is 0 Å². The lowest BCUT2D eigenvalue weighted by Gasteiger charge is -2.10. The van der Waals surface area contributed by atoms with Crippen LogP contribution in [0.1, 0.15) is 11.1 Å². The van der Waals surface area contributed by atoms with E-state index in [1.807, 2.05) is 18.2 Å². The molecule has 2 rings (SSSR count). The highest BCUT2D eigenvalue weighted by Gasteiger charge is 2.05. The zero-order valence-corrected chi connectivity index (χ0v) is 11.7. The summed E-state index contributed by atoms with van der Waals surface area (Å²) in [7, 11) is 0. The molecule has 0 spiro atoms. The quantitative estimate of drug-likeness (QED) is 0.753. The summed E-state index contributed by atoms with van der Waals surface area (Å²) in [5, 5.41) is 10.2. The number of nitrogens with zero attached hydrogens (tertiary/aromatic N) is 1. The summed E-state index contributed by atoms with van der Waals surface area (Å²) in [5.74, 6) is 1.37. The lowest BCUT2D eigenvalue weighted by atomic mass is 10.2. The number of halogens is 2. The SMILES string of the molecule is N#Cc1cccc(Oc2ccc(Cl)cc2CBr)c1. The molecule has 2 nitrogen and oxygen atoms in total. The van der Waals surface area contributed by atoms with Crippen LogP contribution in [-0.2, 0) is 5.33 Å². The number of alkyl halides is 1. The summed E-state index contributed by atoms with van der Waals surface area (Å²) >= 11 is 9.32. The molecule has 0 aliphatic carbocycles. The van der Waals surface area contributed by atoms with Gasteiger partial charge in [-0.15, -0.1) is 0 Å². The van der Waals surface area contributed by atoms with E-state index in [1.54, 1.807) is 24.3 Å². The summed E-state index contributed by atoms with van der Waals surface area (Å²) in [5.41, 5.74) is 1.53. The van der Waals surface area contributed by atoms with Crippen molar-refractivity contribution in [1.82, 2.24) is 0 Å². The molecule has 0 unspecified atom stereocenters. The van der Waals surface area contributed by atoms with Crippen molar-refractivity contribution in [3.8, 4) is 17.6 Å². The zero-order chi connectivity index (χ0) is 13.0. The Morgan fingerprint density at radius 3 is 2.78 bits per heavy atom. The van der Waals surface area contributed by atoms with Crippen molar-refractivity contribution < 1.29 is 4.74 Å². The van der Waals surface area contributed by atoms with Gasteiger partial charge in [0.25, 0.3) is 0 Å². The number of hydrogen-bond acceptors (Lipinski definition) is 2. The predicted molar refractivity (Wildman–Crippen MR) is 75.3 cm³/mol. The second-order valence-corrected chi connectivity index (χ2v) is 4.62. The Hall–Kier alpha value is -1.50. The largest absolute Gasteiger partial charge is 0.457 e. The second kappa shape index (κ2) is 5.90. The average Bonchev–Trinajstić information content (AvgIpc) is 2.41. The van der Waals surface area contributed by atoms with Crippen LogP contribution < -0.4 is 4.74 Å². The molecule has 0 fully saturated rings. The smallest absolute Gasteiger partial charge is 0.131 e. The highest BCUT2D eigenvalue weighted by atomic mass is 79.9. The third-order valence-electron chi connectivity index (χ3n) is 2.36. The van der Waals surface area contributed by atoms with Gasteiger partial charge < -0.3 is 4.74 Å². The predicted octanol–water partition coefficient (Wildman–Crippen LogP) is 4.90. The maximum absolute atomic E-state index is 8.83. The molecule has 0 atom stereocenters. The Morgan fingerprint density at radius 1 is 1.22 bits per heavy atom. The van der Waals surface area contributed by atoms with E-state index in [0.29, 0.717) is 21.7 Å². The Labute approximate surface area is 119 Å². The third kappa shape index (κ3) is 3.04. The molecular weight excluding hydrogens is 314 g/mol. The molecule has 4 heteroatoms. The molecule has 0 amide bonds. The van der Waals surface area contributed by atoms with Crippen LogP contribution in [0.25, 0.3) is 0 Å². The van der Waals surface area contributed by atoms with E-state index < -0.39 is 0 Å². The molecule has 0 bridgehead atoms. The van der Waals surface area contributed by atoms with Crippen LogP contribution in [0.4, 0.5) is 0 Å². The second-order valence-electron chi connectivity index (χ2n) is 3.63. The van der Waals surface area contributed by atoms with Crippen molar-refractivity contribution >= 4 is 27.5 Å². The van der Waals surface area contributed by atoms with E-state index in [0.717, 1.165) is 11.3 Å². The molecular formula is C14H9BrClNO. The topological polar surface area (TPSA) is 33.0 Å². The van der Waals surface area contributed by atoms with Crippen LogP contribution in [0.3, 0.4) is 0 Å². The number of ether oxygens (including phenoxy) is 1. The maximum Gasteiger partial charge on any atom is 0.131 e. The van der Waals surface area contributed by atoms with Crippen LogP contribution in [0.15, 0.2) is 42.5 Å². The summed E-state index contributed by atoms with van der Waals surface area (Å²) < 4.78 is 5.76. The van der Waals surface area contributed by atoms with Gasteiger partial charge >= 0.3 is 0 Å². The monoisotopic (exact) mass is 321 g/mol. The maximum atomic E-state index is 8.83. The van der Waals surface area contributed by atoms with E-state index in [2.05, 4.69) is 22.0 Å². The van der Waals surface area contributed by atoms with E-state index in [9.17, 15) is 0 Å². The Kier molecular flexibility index (Phi) is 4.24. The summed E-state index contributed by atoms with van der Waals surface area (Å²) in [6.45, 7) is 0. The first-order valence-electron chi connectivity index (χ1n) is 5.25. The first-order valence-corrected chi connectivity index (χ1v) is 6.75. The minimum absolute atomic E-state index is 0.571. The first-order chi connectivity index (χ1) is 8.72. The van der Waals surface area contributed by atoms with Gasteiger partial charge in [0.2, 0.25) is 0 Å². The van der Waals surface area contributed by atoms with Crippen LogP contribution in [0.2, 0.25) is 5.02 Å². The highest BCUT2D eigenvalue weighted by Crippen LogP contribution is 2.29. The van der Waals surface area contributed by atoms with Crippen molar-refractivity contribution in [2.75, 3.05) is 0 Å². The first kappa shape index (κ1) is 12.9. The van der Waals surface area contributed by atoms with Crippen molar-refractivity contribution in [2.24, 2.45) is 0 Å². The van der Waals surface area contributed by atoms with Crippen LogP contribution >= 0.6 is 27.5 Å². The number of nitriles is 1. The molecule has 18 heavy (non-hydrogen) atoms. The molecule has 0 aromatic heterocycles. The molecule has 0 heterocycles. The lowest BCUT2D eigenvalue weighted by Crippen LogP contribution is -1.90. The van der Waals surface area contributed by atoms with E-state index >= 15 is 0 Å². The molecule has 0 N–H and O–H groups in total. The van der Waals surface area contributed by atoms with E-state index in [4.69, 9.17) is 21.6 Å². The van der Waals surface area contributed by atoms with Gasteiger partial charge in [-0.25, -0.2) is 0 Å². The van der Waals surface area contributed by atoms with Gasteiger partial charge in [-0.2, -0.15) is 5.26 Å². The number of rotatable bonds is 3. The van der Waals surface area contributed by atoms with Crippen molar-refractivity contribution in [3.05, 3.63) is 58.6 Å². The van der Waals surface area contributed by atoms with Gasteiger partial charge in [-0.05, 0) is 36.4 Å². The molecule has 90 valence electrons. The lowest BCUT2D eigenvalue weighted by molar-refractivity contribution is 0.478. The molecule has 0 aliphatic rings. The summed E-state index contributed by atoms with van der Waals surface area (Å²) in [6.07, 6.45) is 0. The van der Waals surface area contributed by atoms with E-state index in [-0.39, 0.29) is 0 Å². The fourth-order valence-corrected chi connectivity index (χ4v) is 2.14. The fourth-order valence-electron chi connectivity index (χ4n) is 1.51. The van der Waals surface area contributed by atoms with Crippen molar-refractivity contribution in [1.29, 1.82) is 5.26 Å². The van der Waals surface area contributed by atoms with Gasteiger partial charge in [0, 0.05) is 15.9 Å². The molecule has 2 aromatic rings. The number of hydrogen-bond donors (Lipinski definition) is 0. The van der Waals surface area contributed by atoms with Gasteiger partial charge in [-0.3, -0.25) is 0 Å². The van der Waals surface area contributed by atoms with Crippen molar-refractivity contribution in [2.45, 2.75) is 5.33 Å². The Morgan fingerprint density at radius 2 is 2.06 bits per heavy atom.